The van der Waals surface area contributed by atoms with Gasteiger partial charge in [-0.15, -0.1) is 0 Å². The van der Waals surface area contributed by atoms with Gasteiger partial charge in [0.2, 0.25) is 0 Å². The van der Waals surface area contributed by atoms with Gasteiger partial charge >= 0.3 is 0 Å². The standard InChI is InChI=1S/C55H38N2O/c1-37-27-29-41(30-28-37)56(43-31-32-45(38-15-4-2-5-16-38)49(34-43)39-17-6-3-7-18-39)44-35-50(55-51(36-44)48-23-10-13-26-54(48)58-55)40-19-14-20-42(33-40)57-52-24-11-8-21-46(52)47-22-9-12-25-53(47)57/h2-36H,1H3. The first-order chi connectivity index (χ1) is 28.7. The van der Waals surface area contributed by atoms with E-state index in [4.69, 9.17) is 4.42 Å². The van der Waals surface area contributed by atoms with Crippen LogP contribution in [0.25, 0.3) is 82.8 Å². The van der Waals surface area contributed by atoms with Crippen molar-refractivity contribution < 1.29 is 4.42 Å². The van der Waals surface area contributed by atoms with Crippen LogP contribution < -0.4 is 4.90 Å². The molecular weight excluding hydrogens is 705 g/mol. The molecule has 9 aromatic carbocycles. The molecule has 2 heterocycles. The van der Waals surface area contributed by atoms with Crippen molar-refractivity contribution in [2.24, 2.45) is 0 Å². The van der Waals surface area contributed by atoms with E-state index in [0.29, 0.717) is 0 Å². The Morgan fingerprint density at radius 1 is 0.379 bits per heavy atom. The molecule has 0 aliphatic rings. The molecule has 11 aromatic rings. The number of aromatic nitrogens is 1. The maximum Gasteiger partial charge on any atom is 0.143 e. The summed E-state index contributed by atoms with van der Waals surface area (Å²) in [6, 6.07) is 76.4. The third-order valence-electron chi connectivity index (χ3n) is 11.4. The fourth-order valence-corrected chi connectivity index (χ4v) is 8.71. The highest BCUT2D eigenvalue weighted by atomic mass is 16.3. The van der Waals surface area contributed by atoms with E-state index in [1.807, 2.05) is 6.07 Å². The van der Waals surface area contributed by atoms with Crippen LogP contribution in [0.1, 0.15) is 5.56 Å². The summed E-state index contributed by atoms with van der Waals surface area (Å²) in [6.07, 6.45) is 0. The lowest BCUT2D eigenvalue weighted by molar-refractivity contribution is 0.670. The Bertz CT molecular complexity index is 3230. The Balaban J connectivity index is 1.16. The molecule has 0 N–H and O–H groups in total. The van der Waals surface area contributed by atoms with E-state index in [9.17, 15) is 0 Å². The van der Waals surface area contributed by atoms with Gasteiger partial charge in [-0.05, 0) is 101 Å². The fourth-order valence-electron chi connectivity index (χ4n) is 8.71. The molecule has 0 unspecified atom stereocenters. The molecule has 0 bridgehead atoms. The van der Waals surface area contributed by atoms with Gasteiger partial charge in [-0.3, -0.25) is 0 Å². The maximum atomic E-state index is 6.79. The molecule has 3 heteroatoms. The normalized spacial score (nSPS) is 11.5. The summed E-state index contributed by atoms with van der Waals surface area (Å²) in [7, 11) is 0. The zero-order valence-electron chi connectivity index (χ0n) is 32.0. The number of hydrogen-bond acceptors (Lipinski definition) is 2. The van der Waals surface area contributed by atoms with Crippen molar-refractivity contribution in [2.45, 2.75) is 6.92 Å². The average Bonchev–Trinajstić information content (AvgIpc) is 3.83. The van der Waals surface area contributed by atoms with E-state index in [-0.39, 0.29) is 0 Å². The second kappa shape index (κ2) is 13.8. The number of furan rings is 1. The van der Waals surface area contributed by atoms with Gasteiger partial charge < -0.3 is 13.9 Å². The SMILES string of the molecule is Cc1ccc(N(c2ccc(-c3ccccc3)c(-c3ccccc3)c2)c2cc(-c3cccc(-n4c5ccccc5c5ccccc54)c3)c3oc4ccccc4c3c2)cc1. The van der Waals surface area contributed by atoms with Crippen molar-refractivity contribution in [1.29, 1.82) is 0 Å². The number of aryl methyl sites for hydroxylation is 1. The Labute approximate surface area is 337 Å². The van der Waals surface area contributed by atoms with Gasteiger partial charge in [-0.25, -0.2) is 0 Å². The third kappa shape index (κ3) is 5.67. The van der Waals surface area contributed by atoms with Crippen LogP contribution in [-0.4, -0.2) is 4.57 Å². The quantitative estimate of drug-likeness (QED) is 0.162. The lowest BCUT2D eigenvalue weighted by Gasteiger charge is -2.27. The van der Waals surface area contributed by atoms with Crippen LogP contribution in [0.2, 0.25) is 0 Å². The Kier molecular flexibility index (Phi) is 8.04. The minimum atomic E-state index is 0.870. The Hall–Kier alpha value is -7.62. The maximum absolute atomic E-state index is 6.79. The minimum Gasteiger partial charge on any atom is -0.455 e. The number of nitrogens with zero attached hydrogens (tertiary/aromatic N) is 2. The second-order valence-corrected chi connectivity index (χ2v) is 15.0. The van der Waals surface area contributed by atoms with Gasteiger partial charge in [0.1, 0.15) is 11.2 Å². The smallest absolute Gasteiger partial charge is 0.143 e. The van der Waals surface area contributed by atoms with Crippen molar-refractivity contribution in [3.8, 4) is 39.1 Å². The molecule has 0 radical (unpaired) electrons. The van der Waals surface area contributed by atoms with Gasteiger partial charge in [-0.1, -0.05) is 151 Å². The van der Waals surface area contributed by atoms with E-state index in [1.54, 1.807) is 0 Å². The van der Waals surface area contributed by atoms with Crippen LogP contribution in [0.15, 0.2) is 217 Å². The molecule has 58 heavy (non-hydrogen) atoms. The average molecular weight is 743 g/mol. The summed E-state index contributed by atoms with van der Waals surface area (Å²) in [5, 5.41) is 4.65. The molecule has 11 rings (SSSR count). The lowest BCUT2D eigenvalue weighted by atomic mass is 9.93. The van der Waals surface area contributed by atoms with E-state index in [0.717, 1.165) is 55.8 Å². The first-order valence-electron chi connectivity index (χ1n) is 19.8. The fraction of sp³-hybridized carbons (Fsp3) is 0.0182. The van der Waals surface area contributed by atoms with Crippen molar-refractivity contribution in [1.82, 2.24) is 4.57 Å². The molecule has 3 nitrogen and oxygen atoms in total. The summed E-state index contributed by atoms with van der Waals surface area (Å²) < 4.78 is 9.17. The minimum absolute atomic E-state index is 0.870. The van der Waals surface area contributed by atoms with Crippen molar-refractivity contribution >= 4 is 60.8 Å². The molecule has 0 atom stereocenters. The summed E-state index contributed by atoms with van der Waals surface area (Å²) in [5.74, 6) is 0. The highest BCUT2D eigenvalue weighted by Crippen LogP contribution is 2.46. The summed E-state index contributed by atoms with van der Waals surface area (Å²) >= 11 is 0. The molecule has 2 aromatic heterocycles. The van der Waals surface area contributed by atoms with E-state index >= 15 is 0 Å². The van der Waals surface area contributed by atoms with Gasteiger partial charge in [0, 0.05) is 49.9 Å². The Morgan fingerprint density at radius 3 is 1.66 bits per heavy atom. The number of hydrogen-bond donors (Lipinski definition) is 0. The summed E-state index contributed by atoms with van der Waals surface area (Å²) in [4.78, 5) is 2.39. The first-order valence-corrected chi connectivity index (χ1v) is 19.8. The molecule has 0 saturated heterocycles. The molecule has 0 fully saturated rings. The molecular formula is C55H38N2O. The van der Waals surface area contributed by atoms with Crippen LogP contribution >= 0.6 is 0 Å². The number of para-hydroxylation sites is 3. The van der Waals surface area contributed by atoms with Crippen molar-refractivity contribution in [3.05, 3.63) is 218 Å². The number of anilines is 3. The zero-order chi connectivity index (χ0) is 38.6. The van der Waals surface area contributed by atoms with E-state index in [1.165, 1.54) is 49.6 Å². The van der Waals surface area contributed by atoms with Gasteiger partial charge in [0.25, 0.3) is 0 Å². The third-order valence-corrected chi connectivity index (χ3v) is 11.4. The molecule has 0 spiro atoms. The van der Waals surface area contributed by atoms with E-state index < -0.39 is 0 Å². The predicted octanol–water partition coefficient (Wildman–Crippen LogP) is 15.5. The van der Waals surface area contributed by atoms with Gasteiger partial charge in [0.15, 0.2) is 0 Å². The zero-order valence-corrected chi connectivity index (χ0v) is 32.0. The van der Waals surface area contributed by atoms with Crippen LogP contribution in [0.5, 0.6) is 0 Å². The number of rotatable bonds is 7. The van der Waals surface area contributed by atoms with E-state index in [2.05, 4.69) is 223 Å². The highest BCUT2D eigenvalue weighted by Gasteiger charge is 2.22. The van der Waals surface area contributed by atoms with Crippen molar-refractivity contribution in [3.63, 3.8) is 0 Å². The van der Waals surface area contributed by atoms with Crippen LogP contribution in [0.4, 0.5) is 17.1 Å². The summed E-state index contributed by atoms with van der Waals surface area (Å²) in [6.45, 7) is 2.14. The predicted molar refractivity (Wildman–Crippen MR) is 244 cm³/mol. The Morgan fingerprint density at radius 2 is 0.948 bits per heavy atom. The molecule has 0 amide bonds. The van der Waals surface area contributed by atoms with Gasteiger partial charge in [0.05, 0.1) is 11.0 Å². The number of benzene rings is 9. The van der Waals surface area contributed by atoms with Crippen LogP contribution in [0, 0.1) is 6.92 Å². The molecule has 274 valence electrons. The second-order valence-electron chi connectivity index (χ2n) is 15.0. The monoisotopic (exact) mass is 742 g/mol. The first kappa shape index (κ1) is 33.7. The lowest BCUT2D eigenvalue weighted by Crippen LogP contribution is -2.10. The van der Waals surface area contributed by atoms with Crippen LogP contribution in [-0.2, 0) is 0 Å². The highest BCUT2D eigenvalue weighted by molar-refractivity contribution is 6.12. The summed E-state index contributed by atoms with van der Waals surface area (Å²) in [5.41, 5.74) is 16.5. The number of fused-ring (bicyclic) bond motifs is 6. The molecule has 0 aliphatic carbocycles. The molecule has 0 aliphatic heterocycles. The van der Waals surface area contributed by atoms with Crippen molar-refractivity contribution in [2.75, 3.05) is 4.90 Å². The largest absolute Gasteiger partial charge is 0.455 e. The van der Waals surface area contributed by atoms with Gasteiger partial charge in [-0.2, -0.15) is 0 Å². The topological polar surface area (TPSA) is 21.3 Å². The van der Waals surface area contributed by atoms with Crippen LogP contribution in [0.3, 0.4) is 0 Å². The molecule has 0 saturated carbocycles.